The highest BCUT2D eigenvalue weighted by Crippen LogP contribution is 2.29. The smallest absolute Gasteiger partial charge is 0.312 e. The number of rotatable bonds is 6. The fraction of sp³-hybridized carbons (Fsp3) is 0.304. The predicted molar refractivity (Wildman–Crippen MR) is 118 cm³/mol. The number of hydrogen-bond donors (Lipinski definition) is 0. The van der Waals surface area contributed by atoms with Crippen LogP contribution in [-0.4, -0.2) is 34.9 Å². The number of carbonyl (C=O) groups is 2. The first-order valence-corrected chi connectivity index (χ1v) is 11.2. The second-order valence-electron chi connectivity index (χ2n) is 7.49. The van der Waals surface area contributed by atoms with Crippen molar-refractivity contribution in [3.8, 4) is 11.5 Å². The lowest BCUT2D eigenvalue weighted by atomic mass is 10.1. The molecule has 1 amide bonds. The molecule has 160 valence electrons. The van der Waals surface area contributed by atoms with Gasteiger partial charge in [0.25, 0.3) is 5.89 Å². The van der Waals surface area contributed by atoms with Crippen LogP contribution >= 0.6 is 11.8 Å². The maximum absolute atomic E-state index is 12.7. The molecule has 1 saturated heterocycles. The van der Waals surface area contributed by atoms with Crippen LogP contribution in [0.3, 0.4) is 0 Å². The Morgan fingerprint density at radius 3 is 2.55 bits per heavy atom. The Bertz CT molecular complexity index is 1080. The molecule has 2 unspecified atom stereocenters. The zero-order chi connectivity index (χ0) is 22.0. The van der Waals surface area contributed by atoms with Crippen LogP contribution in [0, 0.1) is 12.8 Å². The molecule has 1 aromatic heterocycles. The summed E-state index contributed by atoms with van der Waals surface area (Å²) in [5.41, 5.74) is 2.71. The van der Waals surface area contributed by atoms with Crippen molar-refractivity contribution < 1.29 is 18.7 Å². The molecule has 8 heteroatoms. The zero-order valence-electron chi connectivity index (χ0n) is 17.6. The second-order valence-corrected chi connectivity index (χ2v) is 8.37. The number of hydrogen-bond acceptors (Lipinski definition) is 7. The quantitative estimate of drug-likeness (QED) is 0.417. The standard InChI is InChI=1S/C23H23N3O4S/c1-14-4-6-16(7-5-14)22-25-24-21(30-22)15(2)29-23(28)17-12-20(27)26(13-17)18-8-10-19(31-3)11-9-18/h4-11,15,17H,12-13H2,1-3H3. The van der Waals surface area contributed by atoms with E-state index in [-0.39, 0.29) is 18.2 Å². The van der Waals surface area contributed by atoms with Crippen molar-refractivity contribution in [3.63, 3.8) is 0 Å². The Kier molecular flexibility index (Phi) is 6.08. The molecule has 31 heavy (non-hydrogen) atoms. The molecule has 2 atom stereocenters. The van der Waals surface area contributed by atoms with E-state index in [0.717, 1.165) is 21.7 Å². The summed E-state index contributed by atoms with van der Waals surface area (Å²) in [6.45, 7) is 3.97. The number of ether oxygens (including phenoxy) is 1. The van der Waals surface area contributed by atoms with Crippen LogP contribution in [-0.2, 0) is 14.3 Å². The molecule has 2 heterocycles. The first-order chi connectivity index (χ1) is 14.9. The Morgan fingerprint density at radius 2 is 1.87 bits per heavy atom. The largest absolute Gasteiger partial charge is 0.452 e. The summed E-state index contributed by atoms with van der Waals surface area (Å²) in [5.74, 6) is -0.480. The topological polar surface area (TPSA) is 85.5 Å². The summed E-state index contributed by atoms with van der Waals surface area (Å²) in [6, 6.07) is 15.4. The van der Waals surface area contributed by atoms with Crippen LogP contribution in [0.25, 0.3) is 11.5 Å². The molecule has 7 nitrogen and oxygen atoms in total. The number of amides is 1. The van der Waals surface area contributed by atoms with Crippen molar-refractivity contribution in [3.05, 3.63) is 60.0 Å². The summed E-state index contributed by atoms with van der Waals surface area (Å²) >= 11 is 1.63. The summed E-state index contributed by atoms with van der Waals surface area (Å²) in [4.78, 5) is 27.9. The van der Waals surface area contributed by atoms with Crippen molar-refractivity contribution in [2.75, 3.05) is 17.7 Å². The van der Waals surface area contributed by atoms with E-state index in [1.165, 1.54) is 0 Å². The number of carbonyl (C=O) groups excluding carboxylic acids is 2. The summed E-state index contributed by atoms with van der Waals surface area (Å²) < 4.78 is 11.2. The van der Waals surface area contributed by atoms with Crippen LogP contribution < -0.4 is 4.90 Å². The average molecular weight is 438 g/mol. The molecule has 0 aliphatic carbocycles. The zero-order valence-corrected chi connectivity index (χ0v) is 18.4. The van der Waals surface area contributed by atoms with Crippen molar-refractivity contribution in [1.29, 1.82) is 0 Å². The highest BCUT2D eigenvalue weighted by Gasteiger charge is 2.37. The molecule has 0 N–H and O–H groups in total. The number of esters is 1. The third-order valence-electron chi connectivity index (χ3n) is 5.22. The van der Waals surface area contributed by atoms with E-state index in [4.69, 9.17) is 9.15 Å². The minimum Gasteiger partial charge on any atom is -0.452 e. The third-order valence-corrected chi connectivity index (χ3v) is 5.97. The van der Waals surface area contributed by atoms with Gasteiger partial charge in [-0.15, -0.1) is 22.0 Å². The lowest BCUT2D eigenvalue weighted by Gasteiger charge is -2.17. The monoisotopic (exact) mass is 437 g/mol. The Hall–Kier alpha value is -3.13. The van der Waals surface area contributed by atoms with E-state index in [2.05, 4.69) is 10.2 Å². The van der Waals surface area contributed by atoms with Gasteiger partial charge < -0.3 is 14.1 Å². The lowest BCUT2D eigenvalue weighted by molar-refractivity contribution is -0.154. The van der Waals surface area contributed by atoms with Gasteiger partial charge in [0.1, 0.15) is 0 Å². The molecule has 1 aliphatic rings. The maximum Gasteiger partial charge on any atom is 0.312 e. The van der Waals surface area contributed by atoms with Crippen LogP contribution in [0.5, 0.6) is 0 Å². The molecule has 2 aromatic carbocycles. The van der Waals surface area contributed by atoms with Crippen molar-refractivity contribution in [1.82, 2.24) is 10.2 Å². The van der Waals surface area contributed by atoms with Gasteiger partial charge in [-0.1, -0.05) is 17.7 Å². The molecule has 4 rings (SSSR count). The summed E-state index contributed by atoms with van der Waals surface area (Å²) in [6.07, 6.45) is 1.41. The predicted octanol–water partition coefficient (Wildman–Crippen LogP) is 4.42. The number of thioether (sulfide) groups is 1. The van der Waals surface area contributed by atoms with Crippen molar-refractivity contribution >= 4 is 29.3 Å². The van der Waals surface area contributed by atoms with Gasteiger partial charge in [0.05, 0.1) is 5.92 Å². The SMILES string of the molecule is CSc1ccc(N2CC(C(=O)OC(C)c3nnc(-c4ccc(C)cc4)o3)CC2=O)cc1. The van der Waals surface area contributed by atoms with E-state index in [1.54, 1.807) is 23.6 Å². The van der Waals surface area contributed by atoms with Gasteiger partial charge in [-0.05, 0) is 56.5 Å². The van der Waals surface area contributed by atoms with Crippen molar-refractivity contribution in [2.24, 2.45) is 5.92 Å². The van der Waals surface area contributed by atoms with Crippen molar-refractivity contribution in [2.45, 2.75) is 31.3 Å². The van der Waals surface area contributed by atoms with Crippen LogP contribution in [0.1, 0.15) is 30.9 Å². The molecular weight excluding hydrogens is 414 g/mol. The van der Waals surface area contributed by atoms with Gasteiger partial charge in [-0.2, -0.15) is 0 Å². The molecule has 1 fully saturated rings. The van der Waals surface area contributed by atoms with Gasteiger partial charge in [0.2, 0.25) is 11.8 Å². The third kappa shape index (κ3) is 4.64. The summed E-state index contributed by atoms with van der Waals surface area (Å²) in [5, 5.41) is 8.06. The molecule has 0 saturated carbocycles. The first-order valence-electron chi connectivity index (χ1n) is 10.00. The van der Waals surface area contributed by atoms with Gasteiger partial charge in [-0.25, -0.2) is 0 Å². The second kappa shape index (κ2) is 8.93. The average Bonchev–Trinajstić information content (AvgIpc) is 3.42. The van der Waals surface area contributed by atoms with E-state index < -0.39 is 18.0 Å². The molecule has 0 bridgehead atoms. The molecule has 0 radical (unpaired) electrons. The fourth-order valence-corrected chi connectivity index (χ4v) is 3.82. The van der Waals surface area contributed by atoms with Crippen LogP contribution in [0.2, 0.25) is 0 Å². The molecule has 3 aromatic rings. The molecule has 0 spiro atoms. The van der Waals surface area contributed by atoms with E-state index >= 15 is 0 Å². The highest BCUT2D eigenvalue weighted by molar-refractivity contribution is 7.98. The first kappa shape index (κ1) is 21.1. The van der Waals surface area contributed by atoms with Crippen LogP contribution in [0.15, 0.2) is 57.8 Å². The van der Waals surface area contributed by atoms with E-state index in [9.17, 15) is 9.59 Å². The minimum absolute atomic E-state index is 0.0917. The number of nitrogens with zero attached hydrogens (tertiary/aromatic N) is 3. The maximum atomic E-state index is 12.7. The molecular formula is C23H23N3O4S. The van der Waals surface area contributed by atoms with Crippen LogP contribution in [0.4, 0.5) is 5.69 Å². The van der Waals surface area contributed by atoms with E-state index in [0.29, 0.717) is 12.4 Å². The highest BCUT2D eigenvalue weighted by atomic mass is 32.2. The fourth-order valence-electron chi connectivity index (χ4n) is 3.41. The number of benzene rings is 2. The van der Waals surface area contributed by atoms with Gasteiger partial charge >= 0.3 is 5.97 Å². The number of anilines is 1. The molecule has 1 aliphatic heterocycles. The van der Waals surface area contributed by atoms with Gasteiger partial charge in [-0.3, -0.25) is 9.59 Å². The Morgan fingerprint density at radius 1 is 1.16 bits per heavy atom. The normalized spacial score (nSPS) is 17.1. The van der Waals surface area contributed by atoms with Gasteiger partial charge in [0, 0.05) is 29.1 Å². The Balaban J connectivity index is 1.39. The number of aryl methyl sites for hydroxylation is 1. The van der Waals surface area contributed by atoms with Gasteiger partial charge in [0.15, 0.2) is 6.10 Å². The minimum atomic E-state index is -0.704. The lowest BCUT2D eigenvalue weighted by Crippen LogP contribution is -2.26. The van der Waals surface area contributed by atoms with E-state index in [1.807, 2.05) is 61.7 Å². The Labute approximate surface area is 184 Å². The number of aromatic nitrogens is 2. The summed E-state index contributed by atoms with van der Waals surface area (Å²) in [7, 11) is 0.